The number of anilines is 1. The predicted molar refractivity (Wildman–Crippen MR) is 80.3 cm³/mol. The summed E-state index contributed by atoms with van der Waals surface area (Å²) in [5.74, 6) is 0.988. The fourth-order valence-corrected chi connectivity index (χ4v) is 3.01. The number of hydrogen-bond donors (Lipinski definition) is 0. The number of likely N-dealkylation sites (N-methyl/N-ethyl adjacent to an activating group) is 1. The van der Waals surface area contributed by atoms with Crippen LogP contribution in [0.1, 0.15) is 0 Å². The summed E-state index contributed by atoms with van der Waals surface area (Å²) in [6, 6.07) is 5.14. The normalized spacial score (nSPS) is 13.9. The molecule has 2 rings (SSSR count). The Morgan fingerprint density at radius 3 is 2.84 bits per heavy atom. The minimum atomic E-state index is -0.334. The van der Waals surface area contributed by atoms with Gasteiger partial charge < -0.3 is 9.80 Å². The van der Waals surface area contributed by atoms with Crippen LogP contribution in [0, 0.1) is 10.1 Å². The second kappa shape index (κ2) is 6.82. The first-order chi connectivity index (χ1) is 8.58. The van der Waals surface area contributed by atoms with Crippen LogP contribution in [0.25, 0.3) is 0 Å². The van der Waals surface area contributed by atoms with Gasteiger partial charge in [-0.2, -0.15) is 0 Å². The maximum atomic E-state index is 10.8. The molecule has 1 heterocycles. The molecule has 0 unspecified atom stereocenters. The number of benzene rings is 1. The molecule has 0 bridgehead atoms. The van der Waals surface area contributed by atoms with Crippen molar-refractivity contribution in [1.29, 1.82) is 0 Å². The highest BCUT2D eigenvalue weighted by molar-refractivity contribution is 7.99. The number of fused-ring (bicyclic) bond motifs is 1. The summed E-state index contributed by atoms with van der Waals surface area (Å²) in [5.41, 5.74) is 1.30. The molecule has 0 saturated heterocycles. The van der Waals surface area contributed by atoms with Crippen molar-refractivity contribution in [2.24, 2.45) is 0 Å². The molecule has 0 saturated carbocycles. The van der Waals surface area contributed by atoms with E-state index in [1.54, 1.807) is 23.9 Å². The second-order valence-electron chi connectivity index (χ2n) is 4.55. The summed E-state index contributed by atoms with van der Waals surface area (Å²) in [4.78, 5) is 15.9. The zero-order valence-electron chi connectivity index (χ0n) is 11.2. The van der Waals surface area contributed by atoms with E-state index in [2.05, 4.69) is 23.9 Å². The van der Waals surface area contributed by atoms with E-state index in [1.807, 2.05) is 6.07 Å². The average molecular weight is 278 g/mol. The number of hydrogen-bond acceptors (Lipinski definition) is 5. The molecule has 1 aliphatic rings. The van der Waals surface area contributed by atoms with Gasteiger partial charge in [0.05, 0.1) is 10.6 Å². The van der Waals surface area contributed by atoms with Crippen molar-refractivity contribution in [2.45, 2.75) is 4.90 Å². The molecule has 0 atom stereocenters. The lowest BCUT2D eigenvalue weighted by Gasteiger charge is -2.31. The van der Waals surface area contributed by atoms with Gasteiger partial charge in [-0.15, -0.1) is 11.8 Å². The Morgan fingerprint density at radius 1 is 1.47 bits per heavy atom. The van der Waals surface area contributed by atoms with Gasteiger partial charge in [-0.3, -0.25) is 10.1 Å². The fraction of sp³-hybridized carbons (Fsp3) is 0.500. The third-order valence-corrected chi connectivity index (χ3v) is 3.96. The summed E-state index contributed by atoms with van der Waals surface area (Å²) in [7, 11) is 4.10. The molecular formula is C12H17BN3O2S. The molecule has 0 fully saturated rings. The van der Waals surface area contributed by atoms with E-state index in [9.17, 15) is 10.1 Å². The van der Waals surface area contributed by atoms with Gasteiger partial charge in [0.1, 0.15) is 0 Å². The SMILES string of the molecule is CN(C)CCN1CCSc2cc([N+](=O)[O-])ccc21.[B]. The lowest BCUT2D eigenvalue weighted by atomic mass is 10.2. The minimum Gasteiger partial charge on any atom is -0.368 e. The summed E-state index contributed by atoms with van der Waals surface area (Å²) in [6.07, 6.45) is 0. The number of rotatable bonds is 4. The molecule has 19 heavy (non-hydrogen) atoms. The molecular weight excluding hydrogens is 261 g/mol. The molecule has 1 aromatic rings. The topological polar surface area (TPSA) is 49.6 Å². The van der Waals surface area contributed by atoms with Crippen LogP contribution in [0.2, 0.25) is 0 Å². The standard InChI is InChI=1S/C12H17N3O2S.B/c1-13(2)5-6-14-7-8-18-12-9-10(15(16)17)3-4-11(12)14;/h3-4,9H,5-8H2,1-2H3;. The Bertz CT molecular complexity index is 457. The van der Waals surface area contributed by atoms with Crippen LogP contribution < -0.4 is 4.90 Å². The van der Waals surface area contributed by atoms with Crippen molar-refractivity contribution in [1.82, 2.24) is 4.90 Å². The van der Waals surface area contributed by atoms with E-state index in [0.29, 0.717) is 0 Å². The van der Waals surface area contributed by atoms with E-state index in [4.69, 9.17) is 0 Å². The van der Waals surface area contributed by atoms with Crippen molar-refractivity contribution in [3.05, 3.63) is 28.3 Å². The summed E-state index contributed by atoms with van der Waals surface area (Å²) in [6.45, 7) is 2.95. The quantitative estimate of drug-likeness (QED) is 0.476. The van der Waals surface area contributed by atoms with E-state index in [0.717, 1.165) is 36.0 Å². The second-order valence-corrected chi connectivity index (χ2v) is 5.68. The summed E-state index contributed by atoms with van der Waals surface area (Å²) < 4.78 is 0. The Morgan fingerprint density at radius 2 is 2.21 bits per heavy atom. The monoisotopic (exact) mass is 278 g/mol. The fourth-order valence-electron chi connectivity index (χ4n) is 1.93. The van der Waals surface area contributed by atoms with Crippen molar-refractivity contribution < 1.29 is 4.92 Å². The van der Waals surface area contributed by atoms with Crippen molar-refractivity contribution >= 4 is 31.5 Å². The Labute approximate surface area is 119 Å². The Hall–Kier alpha value is -1.21. The van der Waals surface area contributed by atoms with Gasteiger partial charge in [0.15, 0.2) is 0 Å². The molecule has 5 nitrogen and oxygen atoms in total. The maximum Gasteiger partial charge on any atom is 0.270 e. The van der Waals surface area contributed by atoms with Crippen molar-refractivity contribution in [2.75, 3.05) is 44.4 Å². The highest BCUT2D eigenvalue weighted by Gasteiger charge is 2.20. The Kier molecular flexibility index (Phi) is 5.69. The average Bonchev–Trinajstić information content (AvgIpc) is 2.35. The summed E-state index contributed by atoms with van der Waals surface area (Å²) >= 11 is 1.70. The highest BCUT2D eigenvalue weighted by Crippen LogP contribution is 2.36. The van der Waals surface area contributed by atoms with Gasteiger partial charge in [-0.05, 0) is 20.2 Å². The molecule has 0 amide bonds. The molecule has 101 valence electrons. The van der Waals surface area contributed by atoms with Gasteiger partial charge in [0.2, 0.25) is 0 Å². The minimum absolute atomic E-state index is 0. The predicted octanol–water partition coefficient (Wildman–Crippen LogP) is 1.69. The third-order valence-electron chi connectivity index (χ3n) is 2.93. The van der Waals surface area contributed by atoms with Crippen LogP contribution in [-0.4, -0.2) is 57.7 Å². The maximum absolute atomic E-state index is 10.8. The van der Waals surface area contributed by atoms with Crippen LogP contribution >= 0.6 is 11.8 Å². The van der Waals surface area contributed by atoms with Crippen LogP contribution in [0.3, 0.4) is 0 Å². The van der Waals surface area contributed by atoms with Gasteiger partial charge in [-0.25, -0.2) is 0 Å². The van der Waals surface area contributed by atoms with Gasteiger partial charge >= 0.3 is 0 Å². The van der Waals surface area contributed by atoms with Crippen LogP contribution in [0.15, 0.2) is 23.1 Å². The van der Waals surface area contributed by atoms with E-state index >= 15 is 0 Å². The van der Waals surface area contributed by atoms with Crippen LogP contribution in [-0.2, 0) is 0 Å². The molecule has 0 aliphatic carbocycles. The lowest BCUT2D eigenvalue weighted by molar-refractivity contribution is -0.385. The zero-order valence-corrected chi connectivity index (χ0v) is 12.0. The highest BCUT2D eigenvalue weighted by atomic mass is 32.2. The Balaban J connectivity index is 0.00000180. The number of nitrogens with zero attached hydrogens (tertiary/aromatic N) is 3. The van der Waals surface area contributed by atoms with E-state index < -0.39 is 0 Å². The number of nitro benzene ring substituents is 1. The third kappa shape index (κ3) is 3.88. The zero-order chi connectivity index (χ0) is 13.1. The lowest BCUT2D eigenvalue weighted by Crippen LogP contribution is -2.35. The molecule has 3 radical (unpaired) electrons. The molecule has 0 N–H and O–H groups in total. The first-order valence-corrected chi connectivity index (χ1v) is 6.87. The number of thioether (sulfide) groups is 1. The first kappa shape index (κ1) is 15.9. The molecule has 7 heteroatoms. The van der Waals surface area contributed by atoms with Gasteiger partial charge in [0, 0.05) is 50.8 Å². The van der Waals surface area contributed by atoms with Crippen molar-refractivity contribution in [3.63, 3.8) is 0 Å². The molecule has 1 aliphatic heterocycles. The molecule has 0 aromatic heterocycles. The van der Waals surface area contributed by atoms with Gasteiger partial charge in [0.25, 0.3) is 5.69 Å². The number of nitro groups is 1. The van der Waals surface area contributed by atoms with Crippen molar-refractivity contribution in [3.8, 4) is 0 Å². The largest absolute Gasteiger partial charge is 0.368 e. The van der Waals surface area contributed by atoms with Gasteiger partial charge in [-0.1, -0.05) is 0 Å². The van der Waals surface area contributed by atoms with E-state index in [1.165, 1.54) is 0 Å². The number of non-ortho nitro benzene ring substituents is 1. The van der Waals surface area contributed by atoms with Crippen LogP contribution in [0.5, 0.6) is 0 Å². The summed E-state index contributed by atoms with van der Waals surface area (Å²) in [5, 5.41) is 10.8. The smallest absolute Gasteiger partial charge is 0.270 e. The first-order valence-electron chi connectivity index (χ1n) is 5.89. The molecule has 0 spiro atoms. The van der Waals surface area contributed by atoms with E-state index in [-0.39, 0.29) is 19.0 Å². The molecule has 1 aromatic carbocycles. The van der Waals surface area contributed by atoms with Crippen LogP contribution in [0.4, 0.5) is 11.4 Å².